The van der Waals surface area contributed by atoms with Gasteiger partial charge in [0.25, 0.3) is 0 Å². The molecule has 0 fully saturated rings. The van der Waals surface area contributed by atoms with Crippen LogP contribution in [0, 0.1) is 11.8 Å². The number of amides is 1. The largest absolute Gasteiger partial charge is 0.354 e. The molecule has 0 radical (unpaired) electrons. The van der Waals surface area contributed by atoms with Gasteiger partial charge in [-0.25, -0.2) is 8.42 Å². The first-order valence-electron chi connectivity index (χ1n) is 7.73. The van der Waals surface area contributed by atoms with Gasteiger partial charge in [0.15, 0.2) is 0 Å². The number of fused-ring (bicyclic) bond motifs is 1. The standard InChI is InChI=1S/C15H22N4O3S2/c1-9(2)8-16-15(20)13(10(3)4)19-24(21,22)12-7-5-6-11-14(12)18-23-17-11/h5-7,9-10,13,19H,8H2,1-4H3,(H,16,20). The van der Waals surface area contributed by atoms with Gasteiger partial charge in [-0.15, -0.1) is 0 Å². The van der Waals surface area contributed by atoms with Crippen molar-refractivity contribution < 1.29 is 13.2 Å². The van der Waals surface area contributed by atoms with Gasteiger partial charge in [-0.3, -0.25) is 4.79 Å². The lowest BCUT2D eigenvalue weighted by molar-refractivity contribution is -0.123. The van der Waals surface area contributed by atoms with Crippen LogP contribution in [0.5, 0.6) is 0 Å². The number of rotatable bonds is 7. The summed E-state index contributed by atoms with van der Waals surface area (Å²) in [6.07, 6.45) is 0. The van der Waals surface area contributed by atoms with Crippen molar-refractivity contribution in [3.8, 4) is 0 Å². The van der Waals surface area contributed by atoms with Gasteiger partial charge < -0.3 is 5.32 Å². The summed E-state index contributed by atoms with van der Waals surface area (Å²) in [6.45, 7) is 8.05. The Morgan fingerprint density at radius 3 is 2.54 bits per heavy atom. The van der Waals surface area contributed by atoms with Crippen molar-refractivity contribution in [2.24, 2.45) is 11.8 Å². The minimum atomic E-state index is -3.89. The van der Waals surface area contributed by atoms with Gasteiger partial charge in [0.05, 0.1) is 11.7 Å². The molecule has 1 amide bonds. The van der Waals surface area contributed by atoms with E-state index in [4.69, 9.17) is 0 Å². The predicted octanol–water partition coefficient (Wildman–Crippen LogP) is 1.77. The lowest BCUT2D eigenvalue weighted by Gasteiger charge is -2.22. The van der Waals surface area contributed by atoms with Gasteiger partial charge in [0.1, 0.15) is 22.0 Å². The third-order valence-corrected chi connectivity index (χ3v) is 5.47. The van der Waals surface area contributed by atoms with Crippen LogP contribution < -0.4 is 10.0 Å². The number of carbonyl (C=O) groups is 1. The number of carbonyl (C=O) groups excluding carboxylic acids is 1. The minimum Gasteiger partial charge on any atom is -0.354 e. The summed E-state index contributed by atoms with van der Waals surface area (Å²) in [4.78, 5) is 12.4. The van der Waals surface area contributed by atoms with Crippen LogP contribution >= 0.6 is 11.7 Å². The quantitative estimate of drug-likeness (QED) is 0.773. The van der Waals surface area contributed by atoms with Crippen molar-refractivity contribution in [1.29, 1.82) is 0 Å². The molecule has 132 valence electrons. The van der Waals surface area contributed by atoms with Gasteiger partial charge >= 0.3 is 0 Å². The van der Waals surface area contributed by atoms with E-state index in [9.17, 15) is 13.2 Å². The highest BCUT2D eigenvalue weighted by atomic mass is 32.2. The number of benzene rings is 1. The van der Waals surface area contributed by atoms with E-state index in [-0.39, 0.29) is 22.6 Å². The molecule has 0 aliphatic carbocycles. The Morgan fingerprint density at radius 1 is 1.21 bits per heavy atom. The second-order valence-corrected chi connectivity index (χ2v) is 8.58. The summed E-state index contributed by atoms with van der Waals surface area (Å²) >= 11 is 0.954. The number of hydrogen-bond donors (Lipinski definition) is 2. The highest BCUT2D eigenvalue weighted by molar-refractivity contribution is 7.89. The second kappa shape index (κ2) is 7.54. The van der Waals surface area contributed by atoms with E-state index >= 15 is 0 Å². The molecule has 0 saturated heterocycles. The van der Waals surface area contributed by atoms with Crippen LogP contribution in [0.3, 0.4) is 0 Å². The van der Waals surface area contributed by atoms with E-state index in [0.29, 0.717) is 17.6 Å². The molecule has 0 saturated carbocycles. The summed E-state index contributed by atoms with van der Waals surface area (Å²) < 4.78 is 36.1. The molecule has 0 bridgehead atoms. The van der Waals surface area contributed by atoms with Crippen molar-refractivity contribution in [2.75, 3.05) is 6.54 Å². The Hall–Kier alpha value is -1.58. The Kier molecular flexibility index (Phi) is 5.89. The van der Waals surface area contributed by atoms with Crippen LogP contribution in [0.15, 0.2) is 23.1 Å². The first-order chi connectivity index (χ1) is 11.2. The third-order valence-electron chi connectivity index (χ3n) is 3.45. The van der Waals surface area contributed by atoms with Crippen LogP contribution in [-0.2, 0) is 14.8 Å². The van der Waals surface area contributed by atoms with Gasteiger partial charge in [0.2, 0.25) is 15.9 Å². The molecule has 0 aliphatic heterocycles. The molecule has 0 spiro atoms. The number of nitrogens with one attached hydrogen (secondary N) is 2. The molecule has 1 aromatic carbocycles. The van der Waals surface area contributed by atoms with E-state index in [0.717, 1.165) is 11.7 Å². The fourth-order valence-corrected chi connectivity index (χ4v) is 4.25. The second-order valence-electron chi connectivity index (χ2n) is 6.37. The fourth-order valence-electron chi connectivity index (χ4n) is 2.14. The molecule has 2 rings (SSSR count). The van der Waals surface area contributed by atoms with Crippen molar-refractivity contribution in [2.45, 2.75) is 38.6 Å². The molecule has 2 N–H and O–H groups in total. The first-order valence-corrected chi connectivity index (χ1v) is 9.95. The zero-order valence-electron chi connectivity index (χ0n) is 14.1. The Bertz CT molecular complexity index is 815. The predicted molar refractivity (Wildman–Crippen MR) is 94.2 cm³/mol. The van der Waals surface area contributed by atoms with Gasteiger partial charge in [-0.05, 0) is 24.0 Å². The summed E-state index contributed by atoms with van der Waals surface area (Å²) in [5.41, 5.74) is 0.841. The van der Waals surface area contributed by atoms with Crippen LogP contribution in [0.2, 0.25) is 0 Å². The smallest absolute Gasteiger partial charge is 0.243 e. The van der Waals surface area contributed by atoms with Crippen molar-refractivity contribution in [3.05, 3.63) is 18.2 Å². The monoisotopic (exact) mass is 370 g/mol. The first kappa shape index (κ1) is 18.8. The zero-order chi connectivity index (χ0) is 17.9. The molecule has 7 nitrogen and oxygen atoms in total. The molecule has 1 heterocycles. The lowest BCUT2D eigenvalue weighted by atomic mass is 10.0. The number of sulfonamides is 1. The zero-order valence-corrected chi connectivity index (χ0v) is 15.7. The Morgan fingerprint density at radius 2 is 1.92 bits per heavy atom. The number of hydrogen-bond acceptors (Lipinski definition) is 6. The number of nitrogens with zero attached hydrogens (tertiary/aromatic N) is 2. The maximum absolute atomic E-state index is 12.7. The summed E-state index contributed by atoms with van der Waals surface area (Å²) in [7, 11) is -3.89. The van der Waals surface area contributed by atoms with Gasteiger partial charge in [0, 0.05) is 6.54 Å². The molecule has 1 unspecified atom stereocenters. The van der Waals surface area contributed by atoms with Crippen LogP contribution in [-0.4, -0.2) is 35.7 Å². The Balaban J connectivity index is 2.28. The Labute approximate surface area is 146 Å². The maximum Gasteiger partial charge on any atom is 0.243 e. The average molecular weight is 371 g/mol. The topological polar surface area (TPSA) is 101 Å². The highest BCUT2D eigenvalue weighted by Gasteiger charge is 2.29. The van der Waals surface area contributed by atoms with Crippen molar-refractivity contribution in [3.63, 3.8) is 0 Å². The van der Waals surface area contributed by atoms with Crippen LogP contribution in [0.25, 0.3) is 11.0 Å². The van der Waals surface area contributed by atoms with E-state index in [1.54, 1.807) is 26.0 Å². The lowest BCUT2D eigenvalue weighted by Crippen LogP contribution is -2.50. The van der Waals surface area contributed by atoms with E-state index in [1.165, 1.54) is 6.07 Å². The molecule has 0 aliphatic rings. The third kappa shape index (κ3) is 4.28. The molecule has 9 heteroatoms. The molecule has 2 aromatic rings. The molecular weight excluding hydrogens is 348 g/mol. The minimum absolute atomic E-state index is 0.0380. The SMILES string of the molecule is CC(C)CNC(=O)C(NS(=O)(=O)c1cccc2nsnc12)C(C)C. The average Bonchev–Trinajstić information content (AvgIpc) is 2.98. The normalized spacial score (nSPS) is 13.6. The van der Waals surface area contributed by atoms with Gasteiger partial charge in [-0.2, -0.15) is 13.5 Å². The highest BCUT2D eigenvalue weighted by Crippen LogP contribution is 2.21. The summed E-state index contributed by atoms with van der Waals surface area (Å²) in [5.74, 6) is -0.237. The van der Waals surface area contributed by atoms with Crippen LogP contribution in [0.1, 0.15) is 27.7 Å². The number of aromatic nitrogens is 2. The fraction of sp³-hybridized carbons (Fsp3) is 0.533. The van der Waals surface area contributed by atoms with Crippen molar-refractivity contribution in [1.82, 2.24) is 18.8 Å². The maximum atomic E-state index is 12.7. The summed E-state index contributed by atoms with van der Waals surface area (Å²) in [5, 5.41) is 2.78. The van der Waals surface area contributed by atoms with E-state index < -0.39 is 16.1 Å². The van der Waals surface area contributed by atoms with Gasteiger partial charge in [-0.1, -0.05) is 33.8 Å². The molecule has 1 aromatic heterocycles. The molecule has 24 heavy (non-hydrogen) atoms. The van der Waals surface area contributed by atoms with Crippen molar-refractivity contribution >= 4 is 38.7 Å². The van der Waals surface area contributed by atoms with E-state index in [2.05, 4.69) is 18.8 Å². The van der Waals surface area contributed by atoms with Crippen LogP contribution in [0.4, 0.5) is 0 Å². The van der Waals surface area contributed by atoms with E-state index in [1.807, 2.05) is 13.8 Å². The summed E-state index contributed by atoms with van der Waals surface area (Å²) in [6, 6.07) is 3.93. The molecule has 1 atom stereocenters. The molecular formula is C15H22N4O3S2.